The molecule has 2 heterocycles. The van der Waals surface area contributed by atoms with Gasteiger partial charge in [-0.25, -0.2) is 9.97 Å². The molecule has 0 bridgehead atoms. The molecule has 0 saturated carbocycles. The first kappa shape index (κ1) is 20.6. The molecule has 1 amide bonds. The van der Waals surface area contributed by atoms with E-state index in [9.17, 15) is 4.79 Å². The van der Waals surface area contributed by atoms with E-state index in [1.165, 1.54) is 12.8 Å². The number of carbonyl (C=O) groups is 1. The number of ether oxygens (including phenoxy) is 1. The number of amides is 1. The lowest BCUT2D eigenvalue weighted by Gasteiger charge is -2.17. The standard InChI is InChI=1S/C21H28N4O2S/c1-15(2)22-20(26)17-8-6-7-16(11-17)14-28-21-23-18(13-27-3)12-19(24-21)25-9-4-5-10-25/h6-8,11-12,15H,4-5,9-10,13-14H2,1-3H3,(H,22,26). The smallest absolute Gasteiger partial charge is 0.251 e. The highest BCUT2D eigenvalue weighted by Crippen LogP contribution is 2.25. The molecule has 3 rings (SSSR count). The third-order valence-corrected chi connectivity index (χ3v) is 5.36. The number of benzene rings is 1. The highest BCUT2D eigenvalue weighted by molar-refractivity contribution is 7.98. The van der Waals surface area contributed by atoms with Gasteiger partial charge in [-0.1, -0.05) is 23.9 Å². The first-order valence-corrected chi connectivity index (χ1v) is 10.7. The molecule has 1 aromatic heterocycles. The number of hydrogen-bond acceptors (Lipinski definition) is 6. The van der Waals surface area contributed by atoms with E-state index in [0.29, 0.717) is 17.9 Å². The number of anilines is 1. The summed E-state index contributed by atoms with van der Waals surface area (Å²) >= 11 is 1.58. The summed E-state index contributed by atoms with van der Waals surface area (Å²) in [4.78, 5) is 23.9. The molecule has 0 unspecified atom stereocenters. The number of rotatable bonds is 8. The van der Waals surface area contributed by atoms with Crippen molar-refractivity contribution in [2.45, 2.75) is 50.2 Å². The maximum absolute atomic E-state index is 12.2. The predicted molar refractivity (Wildman–Crippen MR) is 113 cm³/mol. The average molecular weight is 401 g/mol. The molecule has 150 valence electrons. The van der Waals surface area contributed by atoms with Crippen molar-refractivity contribution in [2.75, 3.05) is 25.1 Å². The quantitative estimate of drug-likeness (QED) is 0.539. The van der Waals surface area contributed by atoms with E-state index in [4.69, 9.17) is 9.72 Å². The van der Waals surface area contributed by atoms with Crippen LogP contribution in [0.5, 0.6) is 0 Å². The van der Waals surface area contributed by atoms with E-state index in [1.807, 2.05) is 44.2 Å². The van der Waals surface area contributed by atoms with Gasteiger partial charge in [0.15, 0.2) is 5.16 Å². The largest absolute Gasteiger partial charge is 0.378 e. The second kappa shape index (κ2) is 9.89. The average Bonchev–Trinajstić information content (AvgIpc) is 3.21. The van der Waals surface area contributed by atoms with Crippen molar-refractivity contribution < 1.29 is 9.53 Å². The molecule has 0 spiro atoms. The molecule has 6 nitrogen and oxygen atoms in total. The Bertz CT molecular complexity index is 807. The van der Waals surface area contributed by atoms with Gasteiger partial charge in [-0.2, -0.15) is 0 Å². The van der Waals surface area contributed by atoms with Crippen LogP contribution in [0.25, 0.3) is 0 Å². The molecule has 0 aliphatic carbocycles. The molecule has 1 saturated heterocycles. The van der Waals surface area contributed by atoms with E-state index in [1.54, 1.807) is 18.9 Å². The Morgan fingerprint density at radius 3 is 2.75 bits per heavy atom. The Kier molecular flexibility index (Phi) is 7.28. The molecule has 1 fully saturated rings. The fourth-order valence-electron chi connectivity index (χ4n) is 3.15. The van der Waals surface area contributed by atoms with Crippen molar-refractivity contribution in [3.05, 3.63) is 47.2 Å². The zero-order valence-electron chi connectivity index (χ0n) is 16.8. The van der Waals surface area contributed by atoms with E-state index in [0.717, 1.165) is 35.3 Å². The maximum atomic E-state index is 12.2. The van der Waals surface area contributed by atoms with Gasteiger partial charge >= 0.3 is 0 Å². The van der Waals surface area contributed by atoms with Gasteiger partial charge in [0.1, 0.15) is 5.82 Å². The molecular formula is C21H28N4O2S. The second-order valence-electron chi connectivity index (χ2n) is 7.24. The monoisotopic (exact) mass is 400 g/mol. The van der Waals surface area contributed by atoms with Gasteiger partial charge in [0.25, 0.3) is 5.91 Å². The van der Waals surface area contributed by atoms with Crippen LogP contribution in [0.3, 0.4) is 0 Å². The van der Waals surface area contributed by atoms with Gasteiger partial charge < -0.3 is 15.0 Å². The number of nitrogens with zero attached hydrogens (tertiary/aromatic N) is 3. The fourth-order valence-corrected chi connectivity index (χ4v) is 3.96. The summed E-state index contributed by atoms with van der Waals surface area (Å²) < 4.78 is 5.27. The zero-order chi connectivity index (χ0) is 19.9. The number of nitrogens with one attached hydrogen (secondary N) is 1. The van der Waals surface area contributed by atoms with Crippen LogP contribution in [0.15, 0.2) is 35.5 Å². The lowest BCUT2D eigenvalue weighted by atomic mass is 10.1. The maximum Gasteiger partial charge on any atom is 0.251 e. The van der Waals surface area contributed by atoms with Gasteiger partial charge in [-0.3, -0.25) is 4.79 Å². The van der Waals surface area contributed by atoms with Crippen molar-refractivity contribution in [3.8, 4) is 0 Å². The van der Waals surface area contributed by atoms with Gasteiger partial charge in [-0.15, -0.1) is 0 Å². The number of aromatic nitrogens is 2. The Balaban J connectivity index is 1.72. The number of methoxy groups -OCH3 is 1. The van der Waals surface area contributed by atoms with E-state index in [2.05, 4.69) is 15.2 Å². The summed E-state index contributed by atoms with van der Waals surface area (Å²) in [5.41, 5.74) is 2.65. The van der Waals surface area contributed by atoms with Gasteiger partial charge in [0, 0.05) is 43.6 Å². The highest BCUT2D eigenvalue weighted by Gasteiger charge is 2.16. The molecule has 28 heavy (non-hydrogen) atoms. The van der Waals surface area contributed by atoms with Crippen molar-refractivity contribution in [3.63, 3.8) is 0 Å². The molecule has 7 heteroatoms. The zero-order valence-corrected chi connectivity index (χ0v) is 17.6. The van der Waals surface area contributed by atoms with Crippen LogP contribution in [0.1, 0.15) is 48.3 Å². The SMILES string of the molecule is COCc1cc(N2CCCC2)nc(SCc2cccc(C(=O)NC(C)C)c2)n1. The summed E-state index contributed by atoms with van der Waals surface area (Å²) in [7, 11) is 1.68. The van der Waals surface area contributed by atoms with Gasteiger partial charge in [0.2, 0.25) is 0 Å². The molecule has 0 radical (unpaired) electrons. The minimum atomic E-state index is -0.0449. The normalized spacial score (nSPS) is 13.9. The van der Waals surface area contributed by atoms with Crippen LogP contribution in [0, 0.1) is 0 Å². The molecule has 1 aliphatic heterocycles. The van der Waals surface area contributed by atoms with Crippen LogP contribution in [0.2, 0.25) is 0 Å². The first-order chi connectivity index (χ1) is 13.5. The Morgan fingerprint density at radius 1 is 1.25 bits per heavy atom. The third-order valence-electron chi connectivity index (χ3n) is 4.44. The molecule has 1 N–H and O–H groups in total. The number of hydrogen-bond donors (Lipinski definition) is 1. The van der Waals surface area contributed by atoms with Crippen LogP contribution in [-0.2, 0) is 17.1 Å². The summed E-state index contributed by atoms with van der Waals surface area (Å²) in [6.45, 7) is 6.47. The molecule has 0 atom stereocenters. The van der Waals surface area contributed by atoms with E-state index < -0.39 is 0 Å². The van der Waals surface area contributed by atoms with Crippen LogP contribution in [-0.4, -0.2) is 42.1 Å². The minimum Gasteiger partial charge on any atom is -0.378 e. The van der Waals surface area contributed by atoms with Crippen LogP contribution >= 0.6 is 11.8 Å². The number of carbonyl (C=O) groups excluding carboxylic acids is 1. The lowest BCUT2D eigenvalue weighted by Crippen LogP contribution is -2.30. The summed E-state index contributed by atoms with van der Waals surface area (Å²) in [5, 5.41) is 3.67. The van der Waals surface area contributed by atoms with E-state index >= 15 is 0 Å². The molecule has 2 aromatic rings. The molecular weight excluding hydrogens is 372 g/mol. The third kappa shape index (κ3) is 5.69. The first-order valence-electron chi connectivity index (χ1n) is 9.69. The minimum absolute atomic E-state index is 0.0449. The summed E-state index contributed by atoms with van der Waals surface area (Å²) in [6.07, 6.45) is 2.41. The predicted octanol–water partition coefficient (Wildman–Crippen LogP) is 3.65. The van der Waals surface area contributed by atoms with Gasteiger partial charge in [-0.05, 0) is 44.4 Å². The molecule has 1 aromatic carbocycles. The van der Waals surface area contributed by atoms with Crippen LogP contribution in [0.4, 0.5) is 5.82 Å². The Labute approximate surface area is 171 Å². The van der Waals surface area contributed by atoms with Crippen molar-refractivity contribution >= 4 is 23.5 Å². The number of thioether (sulfide) groups is 1. The van der Waals surface area contributed by atoms with Crippen LogP contribution < -0.4 is 10.2 Å². The summed E-state index contributed by atoms with van der Waals surface area (Å²) in [5.74, 6) is 1.64. The molecule has 1 aliphatic rings. The van der Waals surface area contributed by atoms with Crippen molar-refractivity contribution in [2.24, 2.45) is 0 Å². The van der Waals surface area contributed by atoms with Crippen molar-refractivity contribution in [1.82, 2.24) is 15.3 Å². The Morgan fingerprint density at radius 2 is 2.04 bits per heavy atom. The topological polar surface area (TPSA) is 67.3 Å². The highest BCUT2D eigenvalue weighted by atomic mass is 32.2. The van der Waals surface area contributed by atoms with Gasteiger partial charge in [0.05, 0.1) is 12.3 Å². The van der Waals surface area contributed by atoms with Crippen molar-refractivity contribution in [1.29, 1.82) is 0 Å². The van der Waals surface area contributed by atoms with E-state index in [-0.39, 0.29) is 11.9 Å². The second-order valence-corrected chi connectivity index (χ2v) is 8.19. The lowest BCUT2D eigenvalue weighted by molar-refractivity contribution is 0.0943. The fraction of sp³-hybridized carbons (Fsp3) is 0.476. The summed E-state index contributed by atoms with van der Waals surface area (Å²) in [6, 6.07) is 9.86. The Hall–Kier alpha value is -2.12.